The summed E-state index contributed by atoms with van der Waals surface area (Å²) in [7, 11) is 1.59. The van der Waals surface area contributed by atoms with Crippen molar-refractivity contribution in [1.29, 1.82) is 0 Å². The highest BCUT2D eigenvalue weighted by atomic mass is 16.2. The zero-order valence-electron chi connectivity index (χ0n) is 20.3. The van der Waals surface area contributed by atoms with E-state index in [2.05, 4.69) is 21.8 Å². The fourth-order valence-electron chi connectivity index (χ4n) is 4.78. The molecule has 1 atom stereocenters. The van der Waals surface area contributed by atoms with Crippen molar-refractivity contribution in [3.05, 3.63) is 56.6 Å². The summed E-state index contributed by atoms with van der Waals surface area (Å²) in [5, 5.41) is 10.1. The number of nitrogens with zero attached hydrogens (tertiary/aromatic N) is 7. The van der Waals surface area contributed by atoms with E-state index in [-0.39, 0.29) is 36.9 Å². The van der Waals surface area contributed by atoms with Crippen LogP contribution < -0.4 is 21.9 Å². The first-order valence-electron chi connectivity index (χ1n) is 11.9. The third kappa shape index (κ3) is 4.14. The number of aromatic nitrogens is 6. The summed E-state index contributed by atoms with van der Waals surface area (Å²) in [5.41, 5.74) is 7.26. The molecule has 3 aromatic heterocycles. The average Bonchev–Trinajstić information content (AvgIpc) is 3.25. The van der Waals surface area contributed by atoms with Gasteiger partial charge in [-0.25, -0.2) is 14.8 Å². The molecule has 0 spiro atoms. The van der Waals surface area contributed by atoms with Crippen LogP contribution in [0.15, 0.2) is 33.9 Å². The van der Waals surface area contributed by atoms with Crippen LogP contribution in [-0.4, -0.2) is 59.5 Å². The molecule has 0 bridgehead atoms. The predicted octanol–water partition coefficient (Wildman–Crippen LogP) is 0.120. The van der Waals surface area contributed by atoms with E-state index in [1.54, 1.807) is 11.6 Å². The Morgan fingerprint density at radius 2 is 1.94 bits per heavy atom. The molecule has 4 heterocycles. The summed E-state index contributed by atoms with van der Waals surface area (Å²) in [6.07, 6.45) is 1.81. The lowest BCUT2D eigenvalue weighted by Gasteiger charge is -2.31. The first kappa shape index (κ1) is 23.7. The van der Waals surface area contributed by atoms with Gasteiger partial charge in [0.2, 0.25) is 5.95 Å². The molecule has 1 aliphatic rings. The number of aliphatic hydroxyl groups is 1. The predicted molar refractivity (Wildman–Crippen MR) is 137 cm³/mol. The van der Waals surface area contributed by atoms with E-state index in [1.165, 1.54) is 4.57 Å². The number of hydrogen-bond donors (Lipinski definition) is 2. The third-order valence-electron chi connectivity index (χ3n) is 6.53. The van der Waals surface area contributed by atoms with Crippen LogP contribution >= 0.6 is 0 Å². The van der Waals surface area contributed by atoms with E-state index in [0.29, 0.717) is 18.3 Å². The van der Waals surface area contributed by atoms with Crippen LogP contribution in [0.25, 0.3) is 22.1 Å². The van der Waals surface area contributed by atoms with E-state index in [9.17, 15) is 9.59 Å². The number of para-hydroxylation sites is 1. The second-order valence-electron chi connectivity index (χ2n) is 9.01. The Bertz CT molecular complexity index is 1640. The van der Waals surface area contributed by atoms with E-state index in [1.807, 2.05) is 36.1 Å². The van der Waals surface area contributed by atoms with E-state index >= 15 is 0 Å². The van der Waals surface area contributed by atoms with Crippen LogP contribution in [0.4, 0.5) is 5.95 Å². The van der Waals surface area contributed by atoms with Gasteiger partial charge in [-0.15, -0.1) is 0 Å². The highest BCUT2D eigenvalue weighted by molar-refractivity contribution is 5.80. The maximum Gasteiger partial charge on any atom is 0.332 e. The zero-order chi connectivity index (χ0) is 25.4. The van der Waals surface area contributed by atoms with Gasteiger partial charge in [-0.05, 0) is 25.8 Å². The molecule has 0 amide bonds. The lowest BCUT2D eigenvalue weighted by atomic mass is 10.1. The van der Waals surface area contributed by atoms with Gasteiger partial charge in [0.15, 0.2) is 11.2 Å². The van der Waals surface area contributed by atoms with Gasteiger partial charge in [-0.2, -0.15) is 4.98 Å². The molecule has 186 valence electrons. The molecule has 0 aliphatic carbocycles. The summed E-state index contributed by atoms with van der Waals surface area (Å²) in [6.45, 7) is 2.96. The zero-order valence-corrected chi connectivity index (χ0v) is 20.3. The molecule has 1 saturated heterocycles. The minimum Gasteiger partial charge on any atom is -0.384 e. The lowest BCUT2D eigenvalue weighted by molar-refractivity contribution is 0.350. The minimum atomic E-state index is -0.505. The van der Waals surface area contributed by atoms with Gasteiger partial charge in [-0.3, -0.25) is 18.5 Å². The van der Waals surface area contributed by atoms with Crippen LogP contribution in [0.1, 0.15) is 24.4 Å². The van der Waals surface area contributed by atoms with Crippen LogP contribution in [0.2, 0.25) is 0 Å². The van der Waals surface area contributed by atoms with Gasteiger partial charge in [0.25, 0.3) is 5.56 Å². The van der Waals surface area contributed by atoms with Crippen LogP contribution in [0.5, 0.6) is 0 Å². The van der Waals surface area contributed by atoms with Gasteiger partial charge >= 0.3 is 5.69 Å². The fraction of sp³-hybridized carbons (Fsp3) is 0.400. The number of benzene rings is 1. The summed E-state index contributed by atoms with van der Waals surface area (Å²) in [6, 6.07) is 7.60. The first-order chi connectivity index (χ1) is 17.4. The summed E-state index contributed by atoms with van der Waals surface area (Å²) < 4.78 is 4.21. The molecule has 5 rings (SSSR count). The quantitative estimate of drug-likeness (QED) is 0.387. The Morgan fingerprint density at radius 1 is 1.14 bits per heavy atom. The Kier molecular flexibility index (Phi) is 6.30. The number of hydrogen-bond acceptors (Lipinski definition) is 8. The number of aryl methyl sites for hydroxylation is 2. The topological polar surface area (TPSA) is 137 Å². The molecule has 0 unspecified atom stereocenters. The maximum absolute atomic E-state index is 13.8. The number of fused-ring (bicyclic) bond motifs is 2. The Morgan fingerprint density at radius 3 is 2.72 bits per heavy atom. The van der Waals surface area contributed by atoms with Crippen molar-refractivity contribution < 1.29 is 5.11 Å². The molecule has 11 nitrogen and oxygen atoms in total. The van der Waals surface area contributed by atoms with Crippen LogP contribution in [0.3, 0.4) is 0 Å². The molecule has 3 N–H and O–H groups in total. The number of imidazole rings is 1. The second-order valence-corrected chi connectivity index (χ2v) is 9.01. The SMILES string of the molecule is Cc1nc(Cn2c(=O)c3c(nc(N4CCC[C@@H](N)C4)n3CC#CCO)n(C)c2=O)nc2ccccc12. The average molecular weight is 489 g/mol. The molecule has 1 fully saturated rings. The monoisotopic (exact) mass is 488 g/mol. The second kappa shape index (κ2) is 9.56. The highest BCUT2D eigenvalue weighted by Crippen LogP contribution is 2.23. The number of rotatable bonds is 4. The van der Waals surface area contributed by atoms with Crippen molar-refractivity contribution in [1.82, 2.24) is 28.7 Å². The number of anilines is 1. The first-order valence-corrected chi connectivity index (χ1v) is 11.9. The Hall–Kier alpha value is -4.01. The largest absolute Gasteiger partial charge is 0.384 e. The molecule has 36 heavy (non-hydrogen) atoms. The summed E-state index contributed by atoms with van der Waals surface area (Å²) >= 11 is 0. The van der Waals surface area contributed by atoms with Crippen molar-refractivity contribution in [2.45, 2.75) is 38.9 Å². The van der Waals surface area contributed by atoms with Gasteiger partial charge in [0.05, 0.1) is 18.6 Å². The molecular weight excluding hydrogens is 460 g/mol. The molecule has 0 radical (unpaired) electrons. The van der Waals surface area contributed by atoms with Crippen LogP contribution in [-0.2, 0) is 20.1 Å². The highest BCUT2D eigenvalue weighted by Gasteiger charge is 2.26. The summed E-state index contributed by atoms with van der Waals surface area (Å²) in [5.74, 6) is 6.42. The van der Waals surface area contributed by atoms with Gasteiger partial charge in [0, 0.05) is 37.3 Å². The van der Waals surface area contributed by atoms with Crippen molar-refractivity contribution in [3.63, 3.8) is 0 Å². The van der Waals surface area contributed by atoms with E-state index in [4.69, 9.17) is 15.8 Å². The number of piperidine rings is 1. The fourth-order valence-corrected chi connectivity index (χ4v) is 4.78. The summed E-state index contributed by atoms with van der Waals surface area (Å²) in [4.78, 5) is 42.9. The Labute approximate surface area is 206 Å². The maximum atomic E-state index is 13.8. The van der Waals surface area contributed by atoms with E-state index < -0.39 is 11.2 Å². The minimum absolute atomic E-state index is 0.00990. The molecular formula is C25H28N8O3. The lowest BCUT2D eigenvalue weighted by Crippen LogP contribution is -2.44. The van der Waals surface area contributed by atoms with Gasteiger partial charge < -0.3 is 15.7 Å². The van der Waals surface area contributed by atoms with Crippen molar-refractivity contribution in [2.75, 3.05) is 24.6 Å². The smallest absolute Gasteiger partial charge is 0.332 e. The van der Waals surface area contributed by atoms with Crippen LogP contribution in [0, 0.1) is 18.8 Å². The third-order valence-corrected chi connectivity index (χ3v) is 6.53. The number of nitrogens with two attached hydrogens (primary N) is 1. The Balaban J connectivity index is 1.68. The molecule has 1 aromatic carbocycles. The molecule has 4 aromatic rings. The van der Waals surface area contributed by atoms with E-state index in [0.717, 1.165) is 40.6 Å². The standard InChI is InChI=1S/C25H28N8O3/c1-16-18-9-3-4-10-19(18)28-20(27-16)15-33-23(35)21-22(30(2)25(33)36)29-24(32(21)12-5-6-13-34)31-11-7-8-17(26)14-31/h3-4,9-10,17,34H,7-8,11-15,26H2,1-2H3/t17-/m1/s1. The number of aliphatic hydroxyl groups excluding tert-OH is 1. The van der Waals surface area contributed by atoms with Gasteiger partial charge in [-0.1, -0.05) is 30.0 Å². The molecule has 1 aliphatic heterocycles. The normalized spacial score (nSPS) is 15.9. The van der Waals surface area contributed by atoms with Crippen molar-refractivity contribution in [2.24, 2.45) is 12.8 Å². The molecule has 11 heteroatoms. The van der Waals surface area contributed by atoms with Crippen molar-refractivity contribution >= 4 is 28.0 Å². The van der Waals surface area contributed by atoms with Gasteiger partial charge in [0.1, 0.15) is 12.4 Å². The molecule has 0 saturated carbocycles. The van der Waals surface area contributed by atoms with Crippen molar-refractivity contribution in [3.8, 4) is 11.8 Å².